The first-order valence-corrected chi connectivity index (χ1v) is 5.92. The van der Waals surface area contributed by atoms with Crippen LogP contribution in [0.2, 0.25) is 0 Å². The molecule has 3 N–H and O–H groups in total. The van der Waals surface area contributed by atoms with Crippen molar-refractivity contribution in [2.24, 2.45) is 5.73 Å². The molecule has 0 aliphatic carbocycles. The monoisotopic (exact) mass is 213 g/mol. The van der Waals surface area contributed by atoms with Gasteiger partial charge in [0.2, 0.25) is 5.91 Å². The molecule has 1 saturated heterocycles. The Morgan fingerprint density at radius 2 is 2.33 bits per heavy atom. The van der Waals surface area contributed by atoms with Crippen LogP contribution < -0.4 is 11.1 Å². The number of nitrogens with zero attached hydrogens (tertiary/aromatic N) is 1. The minimum absolute atomic E-state index is 0.132. The van der Waals surface area contributed by atoms with Crippen LogP contribution in [0.5, 0.6) is 0 Å². The van der Waals surface area contributed by atoms with E-state index < -0.39 is 0 Å². The van der Waals surface area contributed by atoms with Crippen LogP contribution in [-0.2, 0) is 4.79 Å². The quantitative estimate of drug-likeness (QED) is 0.692. The predicted octanol–water partition coefficient (Wildman–Crippen LogP) is 0.326. The van der Waals surface area contributed by atoms with Gasteiger partial charge in [0.15, 0.2) is 0 Å². The molecule has 1 fully saturated rings. The smallest absolute Gasteiger partial charge is 0.221 e. The Kier molecular flexibility index (Phi) is 5.65. The van der Waals surface area contributed by atoms with Gasteiger partial charge in [0.1, 0.15) is 0 Å². The van der Waals surface area contributed by atoms with E-state index in [2.05, 4.69) is 10.2 Å². The Labute approximate surface area is 92.2 Å². The van der Waals surface area contributed by atoms with Crippen LogP contribution in [0.1, 0.15) is 32.1 Å². The predicted molar refractivity (Wildman–Crippen MR) is 61.6 cm³/mol. The van der Waals surface area contributed by atoms with Gasteiger partial charge >= 0.3 is 0 Å². The van der Waals surface area contributed by atoms with Gasteiger partial charge in [-0.3, -0.25) is 9.69 Å². The van der Waals surface area contributed by atoms with Crippen molar-refractivity contribution in [3.8, 4) is 0 Å². The molecule has 1 aliphatic heterocycles. The summed E-state index contributed by atoms with van der Waals surface area (Å²) >= 11 is 0. The van der Waals surface area contributed by atoms with Gasteiger partial charge < -0.3 is 11.1 Å². The SMILES string of the molecule is CNC(=O)CCN1CCCCC1CCN. The zero-order chi connectivity index (χ0) is 11.1. The Bertz CT molecular complexity index is 194. The van der Waals surface area contributed by atoms with E-state index in [4.69, 9.17) is 5.73 Å². The van der Waals surface area contributed by atoms with Gasteiger partial charge in [-0.2, -0.15) is 0 Å². The number of likely N-dealkylation sites (tertiary alicyclic amines) is 1. The van der Waals surface area contributed by atoms with Gasteiger partial charge in [0.05, 0.1) is 0 Å². The molecule has 0 saturated carbocycles. The van der Waals surface area contributed by atoms with E-state index in [0.29, 0.717) is 12.5 Å². The van der Waals surface area contributed by atoms with Crippen LogP contribution >= 0.6 is 0 Å². The van der Waals surface area contributed by atoms with Crippen molar-refractivity contribution >= 4 is 5.91 Å². The van der Waals surface area contributed by atoms with E-state index in [9.17, 15) is 4.79 Å². The van der Waals surface area contributed by atoms with Gasteiger partial charge in [-0.15, -0.1) is 0 Å². The Hall–Kier alpha value is -0.610. The Morgan fingerprint density at radius 3 is 3.00 bits per heavy atom. The minimum atomic E-state index is 0.132. The molecule has 88 valence electrons. The van der Waals surface area contributed by atoms with E-state index in [1.807, 2.05) is 0 Å². The first-order chi connectivity index (χ1) is 7.27. The van der Waals surface area contributed by atoms with Crippen LogP contribution in [0.15, 0.2) is 0 Å². The average Bonchev–Trinajstić information content (AvgIpc) is 2.28. The number of carbonyl (C=O) groups is 1. The molecule has 0 spiro atoms. The number of nitrogens with two attached hydrogens (primary N) is 1. The maximum atomic E-state index is 11.2. The lowest BCUT2D eigenvalue weighted by Crippen LogP contribution is -2.42. The molecule has 0 aromatic heterocycles. The van der Waals surface area contributed by atoms with Gasteiger partial charge in [0.25, 0.3) is 0 Å². The first-order valence-electron chi connectivity index (χ1n) is 5.92. The highest BCUT2D eigenvalue weighted by atomic mass is 16.1. The first kappa shape index (κ1) is 12.5. The summed E-state index contributed by atoms with van der Waals surface area (Å²) in [5.74, 6) is 0.132. The van der Waals surface area contributed by atoms with Crippen molar-refractivity contribution in [3.63, 3.8) is 0 Å². The highest BCUT2D eigenvalue weighted by Gasteiger charge is 2.21. The number of amides is 1. The lowest BCUT2D eigenvalue weighted by Gasteiger charge is -2.35. The van der Waals surface area contributed by atoms with Crippen LogP contribution in [0.3, 0.4) is 0 Å². The van der Waals surface area contributed by atoms with E-state index in [1.54, 1.807) is 7.05 Å². The van der Waals surface area contributed by atoms with Crippen molar-refractivity contribution in [3.05, 3.63) is 0 Å². The summed E-state index contributed by atoms with van der Waals surface area (Å²) in [5.41, 5.74) is 5.60. The second-order valence-corrected chi connectivity index (χ2v) is 4.19. The fraction of sp³-hybridized carbons (Fsp3) is 0.909. The Balaban J connectivity index is 2.32. The van der Waals surface area contributed by atoms with Gasteiger partial charge in [0, 0.05) is 26.1 Å². The largest absolute Gasteiger partial charge is 0.359 e. The van der Waals surface area contributed by atoms with Gasteiger partial charge in [-0.05, 0) is 32.4 Å². The minimum Gasteiger partial charge on any atom is -0.359 e. The number of rotatable bonds is 5. The number of hydrogen-bond acceptors (Lipinski definition) is 3. The molecule has 1 rings (SSSR count). The fourth-order valence-electron chi connectivity index (χ4n) is 2.24. The van der Waals surface area contributed by atoms with Crippen molar-refractivity contribution in [1.82, 2.24) is 10.2 Å². The number of piperidine rings is 1. The number of nitrogens with one attached hydrogen (secondary N) is 1. The van der Waals surface area contributed by atoms with E-state index >= 15 is 0 Å². The lowest BCUT2D eigenvalue weighted by atomic mass is 9.99. The lowest BCUT2D eigenvalue weighted by molar-refractivity contribution is -0.121. The molecule has 0 radical (unpaired) electrons. The molecule has 1 heterocycles. The van der Waals surface area contributed by atoms with E-state index in [-0.39, 0.29) is 5.91 Å². The fourth-order valence-corrected chi connectivity index (χ4v) is 2.24. The highest BCUT2D eigenvalue weighted by Crippen LogP contribution is 2.19. The summed E-state index contributed by atoms with van der Waals surface area (Å²) in [4.78, 5) is 13.6. The highest BCUT2D eigenvalue weighted by molar-refractivity contribution is 5.75. The summed E-state index contributed by atoms with van der Waals surface area (Å²) in [6, 6.07) is 0.605. The van der Waals surface area contributed by atoms with E-state index in [0.717, 1.165) is 26.1 Å². The molecule has 0 aromatic carbocycles. The van der Waals surface area contributed by atoms with Crippen LogP contribution in [0.25, 0.3) is 0 Å². The molecule has 4 nitrogen and oxygen atoms in total. The molecule has 0 bridgehead atoms. The standard InChI is InChI=1S/C11H23N3O/c1-13-11(15)6-9-14-8-3-2-4-10(14)5-7-12/h10H,2-9,12H2,1H3,(H,13,15). The van der Waals surface area contributed by atoms with Gasteiger partial charge in [-0.1, -0.05) is 6.42 Å². The average molecular weight is 213 g/mol. The van der Waals surface area contributed by atoms with E-state index in [1.165, 1.54) is 19.3 Å². The summed E-state index contributed by atoms with van der Waals surface area (Å²) in [5, 5.41) is 2.66. The summed E-state index contributed by atoms with van der Waals surface area (Å²) < 4.78 is 0. The second-order valence-electron chi connectivity index (χ2n) is 4.19. The molecule has 1 atom stereocenters. The summed E-state index contributed by atoms with van der Waals surface area (Å²) in [6.45, 7) is 2.76. The second kappa shape index (κ2) is 6.80. The van der Waals surface area contributed by atoms with Crippen LogP contribution in [0.4, 0.5) is 0 Å². The van der Waals surface area contributed by atoms with Crippen molar-refractivity contribution < 1.29 is 4.79 Å². The van der Waals surface area contributed by atoms with Gasteiger partial charge in [-0.25, -0.2) is 0 Å². The van der Waals surface area contributed by atoms with Crippen molar-refractivity contribution in [2.45, 2.75) is 38.1 Å². The summed E-state index contributed by atoms with van der Waals surface area (Å²) in [6.07, 6.45) is 5.48. The third-order valence-electron chi connectivity index (χ3n) is 3.15. The third kappa shape index (κ3) is 4.18. The zero-order valence-corrected chi connectivity index (χ0v) is 9.67. The normalized spacial score (nSPS) is 22.7. The zero-order valence-electron chi connectivity index (χ0n) is 9.67. The molecule has 1 amide bonds. The number of carbonyl (C=O) groups excluding carboxylic acids is 1. The third-order valence-corrected chi connectivity index (χ3v) is 3.15. The van der Waals surface area contributed by atoms with Crippen molar-refractivity contribution in [1.29, 1.82) is 0 Å². The van der Waals surface area contributed by atoms with Crippen molar-refractivity contribution in [2.75, 3.05) is 26.7 Å². The Morgan fingerprint density at radius 1 is 1.53 bits per heavy atom. The topological polar surface area (TPSA) is 58.4 Å². The maximum Gasteiger partial charge on any atom is 0.221 e. The molecular weight excluding hydrogens is 190 g/mol. The maximum absolute atomic E-state index is 11.2. The van der Waals surface area contributed by atoms with Crippen LogP contribution in [0, 0.1) is 0 Å². The molecular formula is C11H23N3O. The molecule has 4 heteroatoms. The molecule has 15 heavy (non-hydrogen) atoms. The summed E-state index contributed by atoms with van der Waals surface area (Å²) in [7, 11) is 1.69. The molecule has 1 aliphatic rings. The molecule has 1 unspecified atom stereocenters. The molecule has 0 aromatic rings. The number of hydrogen-bond donors (Lipinski definition) is 2. The van der Waals surface area contributed by atoms with Crippen LogP contribution in [-0.4, -0.2) is 43.5 Å².